The van der Waals surface area contributed by atoms with E-state index in [0.717, 1.165) is 5.56 Å². The van der Waals surface area contributed by atoms with Gasteiger partial charge in [0.15, 0.2) is 0 Å². The third kappa shape index (κ3) is 3.99. The van der Waals surface area contributed by atoms with Gasteiger partial charge in [0, 0.05) is 30.0 Å². The van der Waals surface area contributed by atoms with Crippen LogP contribution in [-0.2, 0) is 19.6 Å². The number of ether oxygens (including phenoxy) is 1. The summed E-state index contributed by atoms with van der Waals surface area (Å²) < 4.78 is 7.76. The molecule has 2 aromatic heterocycles. The zero-order valence-corrected chi connectivity index (χ0v) is 17.6. The zero-order chi connectivity index (χ0) is 21.3. The fourth-order valence-corrected chi connectivity index (χ4v) is 3.92. The van der Waals surface area contributed by atoms with Gasteiger partial charge in [-0.25, -0.2) is 14.8 Å². The van der Waals surface area contributed by atoms with Gasteiger partial charge >= 0.3 is 6.03 Å². The standard InChI is InChI=1S/C19H19Cl2N7O2/c1-23-19(29)27-9-12-14(10-27)25-18(22)26-17(12)16-13(21)7-11(20)8-15(16)30-6-5-28-4-2-3-24-28/h2-4,7-8H,5-6,9-10H2,1H3,(H,23,29)(H2,22,25,26). The topological polar surface area (TPSA) is 111 Å². The van der Waals surface area contributed by atoms with Crippen LogP contribution in [0.5, 0.6) is 5.75 Å². The molecule has 2 amide bonds. The summed E-state index contributed by atoms with van der Waals surface area (Å²) in [5, 5.41) is 7.58. The Morgan fingerprint density at radius 1 is 1.30 bits per heavy atom. The fraction of sp³-hybridized carbons (Fsp3) is 0.263. The van der Waals surface area contributed by atoms with Crippen LogP contribution in [0.25, 0.3) is 11.3 Å². The van der Waals surface area contributed by atoms with E-state index < -0.39 is 0 Å². The minimum absolute atomic E-state index is 0.0935. The number of carbonyl (C=O) groups excluding carboxylic acids is 1. The number of anilines is 1. The maximum absolute atomic E-state index is 12.1. The van der Waals surface area contributed by atoms with Crippen molar-refractivity contribution >= 4 is 35.2 Å². The van der Waals surface area contributed by atoms with Gasteiger partial charge in [-0.1, -0.05) is 23.2 Å². The molecule has 0 bridgehead atoms. The van der Waals surface area contributed by atoms with E-state index in [-0.39, 0.29) is 12.0 Å². The predicted molar refractivity (Wildman–Crippen MR) is 113 cm³/mol. The van der Waals surface area contributed by atoms with Crippen molar-refractivity contribution in [3.8, 4) is 17.0 Å². The Balaban J connectivity index is 1.71. The molecule has 0 saturated carbocycles. The summed E-state index contributed by atoms with van der Waals surface area (Å²) in [6, 6.07) is 4.93. The third-order valence-electron chi connectivity index (χ3n) is 4.69. The van der Waals surface area contributed by atoms with Crippen molar-refractivity contribution in [2.75, 3.05) is 19.4 Å². The number of nitrogens with one attached hydrogen (secondary N) is 1. The molecule has 3 aromatic rings. The molecule has 156 valence electrons. The maximum Gasteiger partial charge on any atom is 0.317 e. The van der Waals surface area contributed by atoms with Crippen LogP contribution in [0.4, 0.5) is 10.7 Å². The SMILES string of the molecule is CNC(=O)N1Cc2nc(N)nc(-c3c(Cl)cc(Cl)cc3OCCn3cccn3)c2C1. The Morgan fingerprint density at radius 2 is 2.13 bits per heavy atom. The maximum atomic E-state index is 12.1. The summed E-state index contributed by atoms with van der Waals surface area (Å²) in [4.78, 5) is 22.5. The van der Waals surface area contributed by atoms with E-state index in [4.69, 9.17) is 33.7 Å². The minimum atomic E-state index is -0.213. The highest BCUT2D eigenvalue weighted by Gasteiger charge is 2.30. The van der Waals surface area contributed by atoms with E-state index in [9.17, 15) is 4.79 Å². The number of carbonyl (C=O) groups is 1. The number of benzene rings is 1. The molecule has 0 spiro atoms. The average molecular weight is 448 g/mol. The Kier molecular flexibility index (Phi) is 5.65. The number of amides is 2. The number of urea groups is 1. The first-order chi connectivity index (χ1) is 14.5. The van der Waals surface area contributed by atoms with Crippen LogP contribution >= 0.6 is 23.2 Å². The predicted octanol–water partition coefficient (Wildman–Crippen LogP) is 2.96. The normalized spacial score (nSPS) is 12.7. The molecule has 3 N–H and O–H groups in total. The number of fused-ring (bicyclic) bond motifs is 1. The molecule has 1 aliphatic rings. The Hall–Kier alpha value is -3.04. The van der Waals surface area contributed by atoms with Gasteiger partial charge in [0.05, 0.1) is 41.6 Å². The lowest BCUT2D eigenvalue weighted by Crippen LogP contribution is -2.33. The van der Waals surface area contributed by atoms with Gasteiger partial charge in [0.25, 0.3) is 0 Å². The van der Waals surface area contributed by atoms with Crippen LogP contribution in [0, 0.1) is 0 Å². The van der Waals surface area contributed by atoms with Crippen LogP contribution in [0.15, 0.2) is 30.6 Å². The highest BCUT2D eigenvalue weighted by atomic mass is 35.5. The lowest BCUT2D eigenvalue weighted by molar-refractivity contribution is 0.200. The van der Waals surface area contributed by atoms with Crippen LogP contribution in [0.1, 0.15) is 11.3 Å². The highest BCUT2D eigenvalue weighted by Crippen LogP contribution is 2.42. The van der Waals surface area contributed by atoms with E-state index in [1.54, 1.807) is 35.0 Å². The average Bonchev–Trinajstić information content (AvgIpc) is 3.36. The summed E-state index contributed by atoms with van der Waals surface area (Å²) in [6.07, 6.45) is 3.55. The van der Waals surface area contributed by atoms with Gasteiger partial charge in [-0.3, -0.25) is 4.68 Å². The number of aromatic nitrogens is 4. The molecule has 9 nitrogen and oxygen atoms in total. The van der Waals surface area contributed by atoms with Crippen molar-refractivity contribution in [1.29, 1.82) is 0 Å². The molecular formula is C19H19Cl2N7O2. The number of hydrogen-bond acceptors (Lipinski definition) is 6. The molecule has 3 heterocycles. The molecule has 0 radical (unpaired) electrons. The summed E-state index contributed by atoms with van der Waals surface area (Å²) in [5.74, 6) is 0.564. The van der Waals surface area contributed by atoms with Gasteiger partial charge in [0.2, 0.25) is 5.95 Å². The summed E-state index contributed by atoms with van der Waals surface area (Å²) in [6.45, 7) is 1.55. The van der Waals surface area contributed by atoms with Crippen molar-refractivity contribution in [2.45, 2.75) is 19.6 Å². The van der Waals surface area contributed by atoms with Crippen molar-refractivity contribution < 1.29 is 9.53 Å². The van der Waals surface area contributed by atoms with Crippen LogP contribution in [-0.4, -0.2) is 44.3 Å². The Morgan fingerprint density at radius 3 is 2.87 bits per heavy atom. The quantitative estimate of drug-likeness (QED) is 0.621. The molecule has 0 saturated heterocycles. The fourth-order valence-electron chi connectivity index (χ4n) is 3.36. The molecule has 0 fully saturated rings. The first-order valence-electron chi connectivity index (χ1n) is 9.18. The molecule has 11 heteroatoms. The van der Waals surface area contributed by atoms with Gasteiger partial charge in [0.1, 0.15) is 12.4 Å². The van der Waals surface area contributed by atoms with E-state index >= 15 is 0 Å². The van der Waals surface area contributed by atoms with Crippen molar-refractivity contribution in [2.24, 2.45) is 0 Å². The third-order valence-corrected chi connectivity index (χ3v) is 5.21. The van der Waals surface area contributed by atoms with E-state index in [1.807, 2.05) is 12.3 Å². The molecule has 30 heavy (non-hydrogen) atoms. The largest absolute Gasteiger partial charge is 0.491 e. The number of nitrogens with two attached hydrogens (primary N) is 1. The van der Waals surface area contributed by atoms with Gasteiger partial charge in [-0.2, -0.15) is 5.10 Å². The van der Waals surface area contributed by atoms with Crippen LogP contribution in [0.2, 0.25) is 10.0 Å². The van der Waals surface area contributed by atoms with Crippen molar-refractivity contribution in [1.82, 2.24) is 30.0 Å². The number of nitrogens with zero attached hydrogens (tertiary/aromatic N) is 5. The van der Waals surface area contributed by atoms with E-state index in [0.29, 0.717) is 59.0 Å². The smallest absolute Gasteiger partial charge is 0.317 e. The first-order valence-corrected chi connectivity index (χ1v) is 9.93. The second-order valence-corrected chi connectivity index (χ2v) is 7.49. The molecule has 1 aromatic carbocycles. The van der Waals surface area contributed by atoms with E-state index in [1.165, 1.54) is 0 Å². The number of nitrogen functional groups attached to an aromatic ring is 1. The summed E-state index contributed by atoms with van der Waals surface area (Å²) >= 11 is 12.8. The summed E-state index contributed by atoms with van der Waals surface area (Å²) in [7, 11) is 1.58. The molecular weight excluding hydrogens is 429 g/mol. The first kappa shape index (κ1) is 20.2. The molecule has 0 atom stereocenters. The molecule has 4 rings (SSSR count). The second-order valence-electron chi connectivity index (χ2n) is 6.65. The lowest BCUT2D eigenvalue weighted by atomic mass is 10.0. The Labute approximate surface area is 182 Å². The number of halogens is 2. The second kappa shape index (κ2) is 8.37. The van der Waals surface area contributed by atoms with Gasteiger partial charge < -0.3 is 20.7 Å². The molecule has 0 aliphatic carbocycles. The monoisotopic (exact) mass is 447 g/mol. The van der Waals surface area contributed by atoms with Crippen LogP contribution < -0.4 is 15.8 Å². The highest BCUT2D eigenvalue weighted by molar-refractivity contribution is 6.37. The number of rotatable bonds is 5. The van der Waals surface area contributed by atoms with Crippen molar-refractivity contribution in [3.63, 3.8) is 0 Å². The summed E-state index contributed by atoms with van der Waals surface area (Å²) in [5.41, 5.74) is 8.49. The van der Waals surface area contributed by atoms with E-state index in [2.05, 4.69) is 20.4 Å². The van der Waals surface area contributed by atoms with Crippen molar-refractivity contribution in [3.05, 3.63) is 51.9 Å². The Bertz CT molecular complexity index is 1090. The molecule has 1 aliphatic heterocycles. The number of hydrogen-bond donors (Lipinski definition) is 2. The minimum Gasteiger partial charge on any atom is -0.491 e. The lowest BCUT2D eigenvalue weighted by Gasteiger charge is -2.16. The van der Waals surface area contributed by atoms with Gasteiger partial charge in [-0.15, -0.1) is 0 Å². The zero-order valence-electron chi connectivity index (χ0n) is 16.1. The van der Waals surface area contributed by atoms with Gasteiger partial charge in [-0.05, 0) is 18.2 Å². The molecule has 0 unspecified atom stereocenters. The van der Waals surface area contributed by atoms with Crippen LogP contribution in [0.3, 0.4) is 0 Å².